The summed E-state index contributed by atoms with van der Waals surface area (Å²) in [4.78, 5) is 44.7. The fraction of sp³-hybridized carbons (Fsp3) is 0.650. The minimum absolute atomic E-state index is 0.111. The van der Waals surface area contributed by atoms with Gasteiger partial charge in [0.05, 0.1) is 18.0 Å². The summed E-state index contributed by atoms with van der Waals surface area (Å²) in [7, 11) is 0. The number of likely N-dealkylation sites (tertiary alicyclic amines) is 1. The Labute approximate surface area is 189 Å². The molecule has 1 aliphatic rings. The van der Waals surface area contributed by atoms with Crippen molar-refractivity contribution >= 4 is 24.2 Å². The van der Waals surface area contributed by atoms with E-state index >= 15 is 0 Å². The van der Waals surface area contributed by atoms with Gasteiger partial charge in [0.2, 0.25) is 18.3 Å². The summed E-state index contributed by atoms with van der Waals surface area (Å²) < 4.78 is 41.2. The van der Waals surface area contributed by atoms with Crippen molar-refractivity contribution in [2.24, 2.45) is 11.8 Å². The Morgan fingerprint density at radius 2 is 1.94 bits per heavy atom. The van der Waals surface area contributed by atoms with Crippen molar-refractivity contribution in [3.63, 3.8) is 0 Å². The van der Waals surface area contributed by atoms with Crippen molar-refractivity contribution < 1.29 is 32.8 Å². The van der Waals surface area contributed by atoms with Crippen molar-refractivity contribution in [1.29, 1.82) is 0 Å². The summed E-state index contributed by atoms with van der Waals surface area (Å²) in [6.45, 7) is 2.23. The summed E-state index contributed by atoms with van der Waals surface area (Å²) in [6, 6.07) is 0. The number of hydroxylamine groups is 2. The Balaban J connectivity index is 2.32. The summed E-state index contributed by atoms with van der Waals surface area (Å²) in [5, 5.41) is 10.1. The predicted octanol–water partition coefficient (Wildman–Crippen LogP) is 2.37. The van der Waals surface area contributed by atoms with Crippen molar-refractivity contribution in [3.8, 4) is 0 Å². The first-order valence-electron chi connectivity index (χ1n) is 10.8. The molecule has 13 heteroatoms. The second-order valence-corrected chi connectivity index (χ2v) is 7.91. The third-order valence-corrected chi connectivity index (χ3v) is 5.41. The minimum Gasteiger partial charge on any atom is -0.339 e. The predicted molar refractivity (Wildman–Crippen MR) is 111 cm³/mol. The third-order valence-electron chi connectivity index (χ3n) is 5.41. The van der Waals surface area contributed by atoms with Crippen molar-refractivity contribution in [1.82, 2.24) is 19.9 Å². The number of hydrazine groups is 1. The van der Waals surface area contributed by atoms with Gasteiger partial charge in [-0.2, -0.15) is 13.2 Å². The van der Waals surface area contributed by atoms with Crippen molar-refractivity contribution in [2.75, 3.05) is 24.6 Å². The summed E-state index contributed by atoms with van der Waals surface area (Å²) >= 11 is 0. The first-order valence-corrected chi connectivity index (χ1v) is 10.8. The maximum atomic E-state index is 13.7. The lowest BCUT2D eigenvalue weighted by Gasteiger charge is -2.28. The second-order valence-electron chi connectivity index (χ2n) is 7.91. The molecule has 0 radical (unpaired) electrons. The van der Waals surface area contributed by atoms with Crippen LogP contribution in [-0.2, 0) is 15.8 Å². The second kappa shape index (κ2) is 11.9. The quantitative estimate of drug-likeness (QED) is 0.133. The number of carbonyl (C=O) groups excluding carboxylic acids is 3. The zero-order chi connectivity index (χ0) is 24.6. The molecule has 1 fully saturated rings. The summed E-state index contributed by atoms with van der Waals surface area (Å²) in [5.41, 5.74) is -2.19. The van der Waals surface area contributed by atoms with Gasteiger partial charge < -0.3 is 4.90 Å². The highest BCUT2D eigenvalue weighted by Crippen LogP contribution is 2.32. The fourth-order valence-corrected chi connectivity index (χ4v) is 3.63. The van der Waals surface area contributed by atoms with E-state index in [4.69, 9.17) is 5.84 Å². The zero-order valence-corrected chi connectivity index (χ0v) is 18.4. The van der Waals surface area contributed by atoms with Crippen molar-refractivity contribution in [2.45, 2.75) is 58.0 Å². The molecule has 3 N–H and O–H groups in total. The van der Waals surface area contributed by atoms with Crippen LogP contribution in [0, 0.1) is 5.92 Å². The van der Waals surface area contributed by atoms with E-state index in [9.17, 15) is 32.8 Å². The molecule has 1 atom stereocenters. The van der Waals surface area contributed by atoms with Gasteiger partial charge in [-0.1, -0.05) is 26.2 Å². The van der Waals surface area contributed by atoms with Gasteiger partial charge in [-0.15, -0.1) is 0 Å². The standard InChI is InChI=1S/C20H29F3N6O4/c1-2-3-5-8-14(12-28(33)13-30)17(31)29(24)19-25-11-15(16(26-19)20(21,22)23)18(32)27-9-6-4-7-10-27/h11,13-14,33H,2-10,12,24H2,1H3/t14-/m1/s1. The van der Waals surface area contributed by atoms with Crippen LogP contribution in [0.5, 0.6) is 0 Å². The smallest absolute Gasteiger partial charge is 0.339 e. The molecule has 0 spiro atoms. The SMILES string of the molecule is CCCCC[C@H](CN(O)C=O)C(=O)N(N)c1ncc(C(=O)N2CCCCC2)c(C(F)(F)F)n1. The number of nitrogens with zero attached hydrogens (tertiary/aromatic N) is 5. The lowest BCUT2D eigenvalue weighted by atomic mass is 10.00. The fourth-order valence-electron chi connectivity index (χ4n) is 3.63. The number of hydrogen-bond acceptors (Lipinski definition) is 7. The van der Waals surface area contributed by atoms with E-state index < -0.39 is 47.7 Å². The molecular formula is C20H29F3N6O4. The van der Waals surface area contributed by atoms with Crippen LogP contribution >= 0.6 is 0 Å². The van der Waals surface area contributed by atoms with Gasteiger partial charge in [0, 0.05) is 19.3 Å². The lowest BCUT2D eigenvalue weighted by Crippen LogP contribution is -2.46. The molecule has 33 heavy (non-hydrogen) atoms. The lowest BCUT2D eigenvalue weighted by molar-refractivity contribution is -0.154. The van der Waals surface area contributed by atoms with Crippen molar-refractivity contribution in [3.05, 3.63) is 17.5 Å². The Hall–Kier alpha value is -2.80. The van der Waals surface area contributed by atoms with E-state index in [0.29, 0.717) is 37.4 Å². The van der Waals surface area contributed by atoms with Gasteiger partial charge >= 0.3 is 6.18 Å². The molecule has 10 nitrogen and oxygen atoms in total. The van der Waals surface area contributed by atoms with Crippen LogP contribution in [0.4, 0.5) is 19.1 Å². The number of unbranched alkanes of at least 4 members (excludes halogenated alkanes) is 2. The molecule has 3 amide bonds. The summed E-state index contributed by atoms with van der Waals surface area (Å²) in [6.07, 6.45) is 0.557. The largest absolute Gasteiger partial charge is 0.434 e. The van der Waals surface area contributed by atoms with Gasteiger partial charge in [-0.05, 0) is 25.7 Å². The van der Waals surface area contributed by atoms with E-state index in [2.05, 4.69) is 9.97 Å². The molecule has 1 saturated heterocycles. The highest BCUT2D eigenvalue weighted by Gasteiger charge is 2.40. The normalized spacial score (nSPS) is 15.2. The molecule has 2 rings (SSSR count). The molecule has 0 unspecified atom stereocenters. The number of aromatic nitrogens is 2. The van der Waals surface area contributed by atoms with Gasteiger partial charge in [-0.25, -0.2) is 25.9 Å². The van der Waals surface area contributed by atoms with E-state index in [1.807, 2.05) is 6.92 Å². The molecular weight excluding hydrogens is 445 g/mol. The molecule has 0 aromatic carbocycles. The van der Waals surface area contributed by atoms with Crippen LogP contribution < -0.4 is 10.9 Å². The summed E-state index contributed by atoms with van der Waals surface area (Å²) in [5.74, 6) is 2.33. The monoisotopic (exact) mass is 474 g/mol. The number of halogens is 3. The molecule has 184 valence electrons. The number of carbonyl (C=O) groups is 3. The molecule has 0 saturated carbocycles. The molecule has 2 heterocycles. The number of piperidine rings is 1. The highest BCUT2D eigenvalue weighted by atomic mass is 19.4. The van der Waals surface area contributed by atoms with Gasteiger partial charge in [0.25, 0.3) is 5.91 Å². The Bertz CT molecular complexity index is 833. The van der Waals surface area contributed by atoms with E-state index in [1.165, 1.54) is 4.90 Å². The Morgan fingerprint density at radius 1 is 1.27 bits per heavy atom. The molecule has 1 aromatic rings. The van der Waals surface area contributed by atoms with E-state index in [-0.39, 0.29) is 17.9 Å². The van der Waals surface area contributed by atoms with Gasteiger partial charge in [0.1, 0.15) is 0 Å². The molecule has 0 bridgehead atoms. The maximum Gasteiger partial charge on any atom is 0.434 e. The maximum absolute atomic E-state index is 13.7. The first-order chi connectivity index (χ1) is 15.6. The van der Waals surface area contributed by atoms with Gasteiger partial charge in [0.15, 0.2) is 5.69 Å². The third kappa shape index (κ3) is 7.09. The topological polar surface area (TPSA) is 133 Å². The number of alkyl halides is 3. The van der Waals surface area contributed by atoms with Crippen LogP contribution in [-0.4, -0.2) is 63.0 Å². The molecule has 1 aromatic heterocycles. The molecule has 1 aliphatic heterocycles. The van der Waals surface area contributed by atoms with Gasteiger partial charge in [-0.3, -0.25) is 19.6 Å². The zero-order valence-electron chi connectivity index (χ0n) is 18.4. The van der Waals surface area contributed by atoms with E-state index in [1.54, 1.807) is 0 Å². The average Bonchev–Trinajstić information content (AvgIpc) is 2.81. The average molecular weight is 474 g/mol. The van der Waals surface area contributed by atoms with Crippen LogP contribution in [0.1, 0.15) is 67.9 Å². The van der Waals surface area contributed by atoms with E-state index in [0.717, 1.165) is 25.5 Å². The Morgan fingerprint density at radius 3 is 2.52 bits per heavy atom. The van der Waals surface area contributed by atoms with Crippen LogP contribution in [0.15, 0.2) is 6.20 Å². The van der Waals surface area contributed by atoms with Crippen LogP contribution in [0.2, 0.25) is 0 Å². The van der Waals surface area contributed by atoms with Crippen LogP contribution in [0.3, 0.4) is 0 Å². The number of amides is 3. The number of hydrogen-bond donors (Lipinski definition) is 2. The number of nitrogens with two attached hydrogens (primary N) is 1. The van der Waals surface area contributed by atoms with Crippen LogP contribution in [0.25, 0.3) is 0 Å². The first kappa shape index (κ1) is 26.5. The highest BCUT2D eigenvalue weighted by molar-refractivity contribution is 5.96. The molecule has 0 aliphatic carbocycles. The Kier molecular flexibility index (Phi) is 9.53. The minimum atomic E-state index is -4.98. The number of anilines is 1. The number of rotatable bonds is 10.